The van der Waals surface area contributed by atoms with Gasteiger partial charge in [0, 0.05) is 11.1 Å². The predicted octanol–water partition coefficient (Wildman–Crippen LogP) is 0.701. The van der Waals surface area contributed by atoms with Crippen molar-refractivity contribution in [3.05, 3.63) is 36.2 Å². The summed E-state index contributed by atoms with van der Waals surface area (Å²) in [7, 11) is 0. The van der Waals surface area contributed by atoms with Gasteiger partial charge in [0.1, 0.15) is 5.52 Å². The minimum absolute atomic E-state index is 0.330. The maximum absolute atomic E-state index is 11.0. The van der Waals surface area contributed by atoms with E-state index in [1.807, 2.05) is 0 Å². The number of nitrogens with two attached hydrogens (primary N) is 2. The van der Waals surface area contributed by atoms with Crippen LogP contribution in [0, 0.1) is 0 Å². The molecule has 0 saturated carbocycles. The van der Waals surface area contributed by atoms with Crippen molar-refractivity contribution in [2.24, 2.45) is 5.73 Å². The zero-order valence-electron chi connectivity index (χ0n) is 9.79. The molecule has 2 heterocycles. The molecule has 5 N–H and O–H groups in total. The highest BCUT2D eigenvalue weighted by molar-refractivity contribution is 5.93. The summed E-state index contributed by atoms with van der Waals surface area (Å²) in [6.45, 7) is 0. The predicted molar refractivity (Wildman–Crippen MR) is 70.0 cm³/mol. The Labute approximate surface area is 107 Å². The quantitative estimate of drug-likeness (QED) is 0.621. The topological polar surface area (TPSA) is 124 Å². The summed E-state index contributed by atoms with van der Waals surface area (Å²) in [4.78, 5) is 26.4. The van der Waals surface area contributed by atoms with Crippen LogP contribution < -0.4 is 11.5 Å². The Morgan fingerprint density at radius 3 is 2.58 bits per heavy atom. The molecule has 7 heteroatoms. The van der Waals surface area contributed by atoms with Gasteiger partial charge in [0.05, 0.1) is 6.33 Å². The Bertz CT molecular complexity index is 761. The van der Waals surface area contributed by atoms with Crippen LogP contribution in [0.15, 0.2) is 30.6 Å². The van der Waals surface area contributed by atoms with Gasteiger partial charge in [-0.25, -0.2) is 15.0 Å². The number of anilines is 1. The van der Waals surface area contributed by atoms with Gasteiger partial charge in [-0.3, -0.25) is 4.79 Å². The third-order valence-corrected chi connectivity index (χ3v) is 2.74. The molecule has 0 fully saturated rings. The number of fused-ring (bicyclic) bond motifs is 1. The molecule has 0 radical (unpaired) electrons. The zero-order chi connectivity index (χ0) is 13.4. The summed E-state index contributed by atoms with van der Waals surface area (Å²) in [6.07, 6.45) is 1.51. The number of nitrogen functional groups attached to an aromatic ring is 1. The van der Waals surface area contributed by atoms with E-state index in [4.69, 9.17) is 11.5 Å². The Morgan fingerprint density at radius 2 is 1.89 bits per heavy atom. The molecule has 2 aromatic heterocycles. The molecule has 0 aliphatic carbocycles. The van der Waals surface area contributed by atoms with Gasteiger partial charge in [0.2, 0.25) is 5.91 Å². The van der Waals surface area contributed by atoms with Crippen molar-refractivity contribution in [2.75, 3.05) is 5.73 Å². The number of imidazole rings is 1. The molecule has 0 saturated heterocycles. The van der Waals surface area contributed by atoms with Crippen LogP contribution in [0.1, 0.15) is 10.4 Å². The molecular formula is C12H10N6O. The molecule has 94 valence electrons. The number of hydrogen-bond acceptors (Lipinski definition) is 5. The van der Waals surface area contributed by atoms with Crippen molar-refractivity contribution < 1.29 is 4.79 Å². The van der Waals surface area contributed by atoms with E-state index < -0.39 is 5.91 Å². The summed E-state index contributed by atoms with van der Waals surface area (Å²) in [5, 5.41) is 0. The van der Waals surface area contributed by atoms with E-state index in [0.717, 1.165) is 5.56 Å². The molecule has 0 bridgehead atoms. The number of H-pyrrole nitrogens is 1. The molecule has 0 unspecified atom stereocenters. The first-order valence-electron chi connectivity index (χ1n) is 5.52. The summed E-state index contributed by atoms with van der Waals surface area (Å²) in [5.41, 5.74) is 13.3. The van der Waals surface area contributed by atoms with Crippen molar-refractivity contribution in [1.82, 2.24) is 19.9 Å². The molecule has 3 aromatic rings. The molecule has 3 rings (SSSR count). The number of carbonyl (C=O) groups is 1. The van der Waals surface area contributed by atoms with Crippen molar-refractivity contribution in [2.45, 2.75) is 0 Å². The lowest BCUT2D eigenvalue weighted by Crippen LogP contribution is -2.10. The van der Waals surface area contributed by atoms with Crippen LogP contribution in [0.25, 0.3) is 22.6 Å². The van der Waals surface area contributed by atoms with Crippen molar-refractivity contribution >= 4 is 22.9 Å². The average Bonchev–Trinajstić information content (AvgIpc) is 2.87. The number of carbonyl (C=O) groups excluding carboxylic acids is 1. The van der Waals surface area contributed by atoms with E-state index in [2.05, 4.69) is 19.9 Å². The minimum Gasteiger partial charge on any atom is -0.382 e. The van der Waals surface area contributed by atoms with Gasteiger partial charge in [-0.2, -0.15) is 0 Å². The highest BCUT2D eigenvalue weighted by atomic mass is 16.1. The van der Waals surface area contributed by atoms with Crippen LogP contribution in [0.5, 0.6) is 0 Å². The lowest BCUT2D eigenvalue weighted by Gasteiger charge is -2.02. The first-order chi connectivity index (χ1) is 9.15. The number of benzene rings is 1. The smallest absolute Gasteiger partial charge is 0.248 e. The lowest BCUT2D eigenvalue weighted by atomic mass is 10.1. The van der Waals surface area contributed by atoms with Crippen LogP contribution in [0.4, 0.5) is 5.82 Å². The van der Waals surface area contributed by atoms with Gasteiger partial charge in [0.25, 0.3) is 0 Å². The normalized spacial score (nSPS) is 10.7. The highest BCUT2D eigenvalue weighted by Gasteiger charge is 2.09. The largest absolute Gasteiger partial charge is 0.382 e. The summed E-state index contributed by atoms with van der Waals surface area (Å²) in [5.74, 6) is 0.305. The van der Waals surface area contributed by atoms with Gasteiger partial charge < -0.3 is 16.5 Å². The second-order valence-corrected chi connectivity index (χ2v) is 3.98. The molecule has 19 heavy (non-hydrogen) atoms. The van der Waals surface area contributed by atoms with Crippen molar-refractivity contribution in [1.29, 1.82) is 0 Å². The van der Waals surface area contributed by atoms with Gasteiger partial charge in [0.15, 0.2) is 17.3 Å². The van der Waals surface area contributed by atoms with Crippen LogP contribution >= 0.6 is 0 Å². The zero-order valence-corrected chi connectivity index (χ0v) is 9.79. The second-order valence-electron chi connectivity index (χ2n) is 3.98. The van der Waals surface area contributed by atoms with E-state index >= 15 is 0 Å². The average molecular weight is 254 g/mol. The van der Waals surface area contributed by atoms with Gasteiger partial charge in [-0.05, 0) is 12.1 Å². The number of aromatic nitrogens is 4. The van der Waals surface area contributed by atoms with Crippen LogP contribution in [-0.4, -0.2) is 25.8 Å². The van der Waals surface area contributed by atoms with Gasteiger partial charge >= 0.3 is 0 Å². The molecule has 0 aliphatic heterocycles. The fraction of sp³-hybridized carbons (Fsp3) is 0. The third kappa shape index (κ3) is 1.86. The Kier molecular flexibility index (Phi) is 2.38. The number of aromatic amines is 1. The molecule has 7 nitrogen and oxygen atoms in total. The third-order valence-electron chi connectivity index (χ3n) is 2.74. The number of rotatable bonds is 2. The number of hydrogen-bond donors (Lipinski definition) is 3. The van der Waals surface area contributed by atoms with Crippen LogP contribution in [-0.2, 0) is 0 Å². The van der Waals surface area contributed by atoms with Crippen LogP contribution in [0.3, 0.4) is 0 Å². The van der Waals surface area contributed by atoms with Crippen molar-refractivity contribution in [3.63, 3.8) is 0 Å². The molecule has 1 aromatic carbocycles. The number of primary amides is 1. The molecule has 0 aliphatic rings. The van der Waals surface area contributed by atoms with E-state index in [9.17, 15) is 4.79 Å². The Hall–Kier alpha value is -2.96. The van der Waals surface area contributed by atoms with E-state index in [-0.39, 0.29) is 0 Å². The molecule has 0 atom stereocenters. The number of amides is 1. The fourth-order valence-corrected chi connectivity index (χ4v) is 1.77. The molecule has 1 amide bonds. The second kappa shape index (κ2) is 4.05. The van der Waals surface area contributed by atoms with Gasteiger partial charge in [-0.1, -0.05) is 12.1 Å². The highest BCUT2D eigenvalue weighted by Crippen LogP contribution is 2.20. The van der Waals surface area contributed by atoms with E-state index in [1.54, 1.807) is 24.3 Å². The van der Waals surface area contributed by atoms with E-state index in [0.29, 0.717) is 28.4 Å². The summed E-state index contributed by atoms with van der Waals surface area (Å²) in [6, 6.07) is 6.67. The Balaban J connectivity index is 2.10. The van der Waals surface area contributed by atoms with E-state index in [1.165, 1.54) is 6.33 Å². The fourth-order valence-electron chi connectivity index (χ4n) is 1.77. The Morgan fingerprint density at radius 1 is 1.16 bits per heavy atom. The van der Waals surface area contributed by atoms with Crippen molar-refractivity contribution in [3.8, 4) is 11.4 Å². The summed E-state index contributed by atoms with van der Waals surface area (Å²) < 4.78 is 0. The SMILES string of the molecule is NC(=O)c1ccc(-c2nc(N)c3[nH]cnc3n2)cc1. The first-order valence-corrected chi connectivity index (χ1v) is 5.52. The number of nitrogens with one attached hydrogen (secondary N) is 1. The maximum atomic E-state index is 11.0. The summed E-state index contributed by atoms with van der Waals surface area (Å²) >= 11 is 0. The lowest BCUT2D eigenvalue weighted by molar-refractivity contribution is 0.100. The maximum Gasteiger partial charge on any atom is 0.248 e. The monoisotopic (exact) mass is 254 g/mol. The first kappa shape index (κ1) is 11.1. The molecule has 0 spiro atoms. The standard InChI is InChI=1S/C12H10N6O/c13-9-8-12(16-5-15-8)18-11(17-9)7-3-1-6(2-4-7)10(14)19/h1-5H,(H2,14,19)(H3,13,15,16,17,18). The minimum atomic E-state index is -0.477. The van der Waals surface area contributed by atoms with Gasteiger partial charge in [-0.15, -0.1) is 0 Å². The van der Waals surface area contributed by atoms with Crippen LogP contribution in [0.2, 0.25) is 0 Å². The molecular weight excluding hydrogens is 244 g/mol. The number of nitrogens with zero attached hydrogens (tertiary/aromatic N) is 3.